The molecule has 1 atom stereocenters. The Morgan fingerprint density at radius 2 is 2.00 bits per heavy atom. The Bertz CT molecular complexity index is 561. The molecule has 1 aliphatic rings. The lowest BCUT2D eigenvalue weighted by Crippen LogP contribution is -2.40. The highest BCUT2D eigenvalue weighted by Crippen LogP contribution is 2.35. The highest BCUT2D eigenvalue weighted by molar-refractivity contribution is 5.94. The van der Waals surface area contributed by atoms with Gasteiger partial charge in [0.2, 0.25) is 0 Å². The van der Waals surface area contributed by atoms with E-state index in [1.807, 2.05) is 6.07 Å². The number of hydrogen-bond donors (Lipinski definition) is 0. The molecule has 1 amide bonds. The number of rotatable bonds is 5. The van der Waals surface area contributed by atoms with E-state index in [0.29, 0.717) is 30.0 Å². The second kappa shape index (κ2) is 6.21. The van der Waals surface area contributed by atoms with Crippen molar-refractivity contribution in [3.05, 3.63) is 35.4 Å². The Morgan fingerprint density at radius 1 is 1.35 bits per heavy atom. The first-order valence-corrected chi connectivity index (χ1v) is 6.85. The van der Waals surface area contributed by atoms with Crippen molar-refractivity contribution in [2.24, 2.45) is 5.92 Å². The molecule has 0 saturated heterocycles. The number of amides is 1. The van der Waals surface area contributed by atoms with Crippen LogP contribution in [0.4, 0.5) is 0 Å². The largest absolute Gasteiger partial charge is 0.335 e. The topological polar surface area (TPSA) is 67.9 Å². The van der Waals surface area contributed by atoms with Gasteiger partial charge in [-0.2, -0.15) is 10.5 Å². The summed E-state index contributed by atoms with van der Waals surface area (Å²) >= 11 is 0. The molecule has 0 unspecified atom stereocenters. The van der Waals surface area contributed by atoms with Gasteiger partial charge in [-0.15, -0.1) is 0 Å². The molecule has 0 aliphatic heterocycles. The fourth-order valence-electron chi connectivity index (χ4n) is 2.35. The van der Waals surface area contributed by atoms with Gasteiger partial charge in [0, 0.05) is 18.2 Å². The number of hydrogen-bond acceptors (Lipinski definition) is 3. The standard InChI is InChI=1S/C16H17N3O/c1-12(14-7-8-14)19(10-2-9-17)16(20)15-5-3-13(11-18)4-6-15/h3-6,12,14H,2,7-8,10H2,1H3/t12-/m1/s1. The Kier molecular flexibility index (Phi) is 4.38. The van der Waals surface area contributed by atoms with Gasteiger partial charge in [0.05, 0.1) is 24.1 Å². The monoisotopic (exact) mass is 267 g/mol. The molecule has 2 rings (SSSR count). The van der Waals surface area contributed by atoms with Gasteiger partial charge in [0.25, 0.3) is 5.91 Å². The van der Waals surface area contributed by atoms with Crippen LogP contribution in [0.3, 0.4) is 0 Å². The van der Waals surface area contributed by atoms with Crippen LogP contribution in [0.5, 0.6) is 0 Å². The third-order valence-electron chi connectivity index (χ3n) is 3.78. The Balaban J connectivity index is 2.16. The van der Waals surface area contributed by atoms with Gasteiger partial charge in [-0.05, 0) is 49.9 Å². The van der Waals surface area contributed by atoms with Crippen molar-refractivity contribution >= 4 is 5.91 Å². The maximum atomic E-state index is 12.6. The number of nitriles is 2. The van der Waals surface area contributed by atoms with Crippen LogP contribution in [0.2, 0.25) is 0 Å². The Hall–Kier alpha value is -2.33. The van der Waals surface area contributed by atoms with Crippen molar-refractivity contribution in [2.75, 3.05) is 6.54 Å². The van der Waals surface area contributed by atoms with Crippen LogP contribution in [0, 0.1) is 28.6 Å². The minimum atomic E-state index is -0.0517. The van der Waals surface area contributed by atoms with Gasteiger partial charge in [0.1, 0.15) is 0 Å². The Labute approximate surface area is 119 Å². The van der Waals surface area contributed by atoms with E-state index in [1.54, 1.807) is 29.2 Å². The first-order valence-electron chi connectivity index (χ1n) is 6.85. The van der Waals surface area contributed by atoms with E-state index < -0.39 is 0 Å². The molecule has 1 aliphatic carbocycles. The van der Waals surface area contributed by atoms with Gasteiger partial charge >= 0.3 is 0 Å². The zero-order valence-corrected chi connectivity index (χ0v) is 11.5. The highest BCUT2D eigenvalue weighted by Gasteiger charge is 2.34. The lowest BCUT2D eigenvalue weighted by molar-refractivity contribution is 0.0677. The van der Waals surface area contributed by atoms with E-state index in [-0.39, 0.29) is 11.9 Å². The van der Waals surface area contributed by atoms with Crippen LogP contribution >= 0.6 is 0 Å². The van der Waals surface area contributed by atoms with E-state index in [4.69, 9.17) is 10.5 Å². The van der Waals surface area contributed by atoms with Crippen LogP contribution < -0.4 is 0 Å². The van der Waals surface area contributed by atoms with Crippen molar-refractivity contribution < 1.29 is 4.79 Å². The van der Waals surface area contributed by atoms with E-state index in [0.717, 1.165) is 12.8 Å². The summed E-state index contributed by atoms with van der Waals surface area (Å²) in [5, 5.41) is 17.5. The average Bonchev–Trinajstić information content (AvgIpc) is 3.32. The summed E-state index contributed by atoms with van der Waals surface area (Å²) < 4.78 is 0. The molecule has 0 spiro atoms. The van der Waals surface area contributed by atoms with E-state index in [1.165, 1.54) is 0 Å². The Morgan fingerprint density at radius 3 is 2.50 bits per heavy atom. The van der Waals surface area contributed by atoms with Gasteiger partial charge in [0.15, 0.2) is 0 Å². The minimum Gasteiger partial charge on any atom is -0.335 e. The van der Waals surface area contributed by atoms with E-state index in [9.17, 15) is 4.79 Å². The molecule has 1 aromatic carbocycles. The van der Waals surface area contributed by atoms with Gasteiger partial charge in [-0.25, -0.2) is 0 Å². The van der Waals surface area contributed by atoms with Crippen molar-refractivity contribution in [1.29, 1.82) is 10.5 Å². The molecular formula is C16H17N3O. The zero-order chi connectivity index (χ0) is 14.5. The predicted molar refractivity (Wildman–Crippen MR) is 74.6 cm³/mol. The lowest BCUT2D eigenvalue weighted by Gasteiger charge is -2.28. The van der Waals surface area contributed by atoms with Crippen LogP contribution in [0.25, 0.3) is 0 Å². The smallest absolute Gasteiger partial charge is 0.254 e. The third-order valence-corrected chi connectivity index (χ3v) is 3.78. The van der Waals surface area contributed by atoms with Gasteiger partial charge in [-0.3, -0.25) is 4.79 Å². The van der Waals surface area contributed by atoms with Crippen molar-refractivity contribution in [1.82, 2.24) is 4.90 Å². The molecule has 0 aromatic heterocycles. The SMILES string of the molecule is C[C@H](C1CC1)N(CCC#N)C(=O)c1ccc(C#N)cc1. The first-order chi connectivity index (χ1) is 9.67. The summed E-state index contributed by atoms with van der Waals surface area (Å²) in [5.74, 6) is 0.514. The normalized spacial score (nSPS) is 14.9. The minimum absolute atomic E-state index is 0.0517. The summed E-state index contributed by atoms with van der Waals surface area (Å²) in [6.07, 6.45) is 2.66. The van der Waals surface area contributed by atoms with Crippen LogP contribution in [-0.2, 0) is 0 Å². The fourth-order valence-corrected chi connectivity index (χ4v) is 2.35. The second-order valence-corrected chi connectivity index (χ2v) is 5.17. The second-order valence-electron chi connectivity index (χ2n) is 5.17. The van der Waals surface area contributed by atoms with Gasteiger partial charge < -0.3 is 4.90 Å². The van der Waals surface area contributed by atoms with Crippen molar-refractivity contribution in [3.8, 4) is 12.1 Å². The number of benzene rings is 1. The van der Waals surface area contributed by atoms with E-state index >= 15 is 0 Å². The number of carbonyl (C=O) groups excluding carboxylic acids is 1. The quantitative estimate of drug-likeness (QED) is 0.823. The first kappa shape index (κ1) is 14.1. The summed E-state index contributed by atoms with van der Waals surface area (Å²) in [6, 6.07) is 11.0. The molecule has 20 heavy (non-hydrogen) atoms. The zero-order valence-electron chi connectivity index (χ0n) is 11.5. The van der Waals surface area contributed by atoms with Crippen LogP contribution in [-0.4, -0.2) is 23.4 Å². The molecular weight excluding hydrogens is 250 g/mol. The van der Waals surface area contributed by atoms with Crippen molar-refractivity contribution in [2.45, 2.75) is 32.2 Å². The lowest BCUT2D eigenvalue weighted by atomic mass is 10.1. The third kappa shape index (κ3) is 3.16. The summed E-state index contributed by atoms with van der Waals surface area (Å²) in [4.78, 5) is 14.4. The average molecular weight is 267 g/mol. The molecule has 0 bridgehead atoms. The molecule has 4 heteroatoms. The highest BCUT2D eigenvalue weighted by atomic mass is 16.2. The van der Waals surface area contributed by atoms with E-state index in [2.05, 4.69) is 13.0 Å². The fraction of sp³-hybridized carbons (Fsp3) is 0.438. The van der Waals surface area contributed by atoms with Crippen molar-refractivity contribution in [3.63, 3.8) is 0 Å². The molecule has 0 radical (unpaired) electrons. The number of carbonyl (C=O) groups is 1. The summed E-state index contributed by atoms with van der Waals surface area (Å²) in [7, 11) is 0. The maximum Gasteiger partial charge on any atom is 0.254 e. The summed E-state index contributed by atoms with van der Waals surface area (Å²) in [5.41, 5.74) is 1.12. The van der Waals surface area contributed by atoms with Crippen LogP contribution in [0.1, 0.15) is 42.1 Å². The molecule has 1 saturated carbocycles. The molecule has 1 fully saturated rings. The van der Waals surface area contributed by atoms with Crippen LogP contribution in [0.15, 0.2) is 24.3 Å². The maximum absolute atomic E-state index is 12.6. The molecule has 1 aromatic rings. The summed E-state index contributed by atoms with van der Waals surface area (Å²) in [6.45, 7) is 2.52. The predicted octanol–water partition coefficient (Wildman–Crippen LogP) is 2.71. The molecule has 102 valence electrons. The molecule has 0 heterocycles. The van der Waals surface area contributed by atoms with Gasteiger partial charge in [-0.1, -0.05) is 0 Å². The molecule has 4 nitrogen and oxygen atoms in total. The molecule has 0 N–H and O–H groups in total. The number of nitrogens with zero attached hydrogens (tertiary/aromatic N) is 3.